The van der Waals surface area contributed by atoms with Gasteiger partial charge >= 0.3 is 0 Å². The van der Waals surface area contributed by atoms with Crippen LogP contribution in [0.2, 0.25) is 0 Å². The molecule has 0 saturated carbocycles. The second-order valence-electron chi connectivity index (χ2n) is 7.63. The molecule has 2 aromatic carbocycles. The van der Waals surface area contributed by atoms with Crippen molar-refractivity contribution >= 4 is 28.6 Å². The zero-order chi connectivity index (χ0) is 21.1. The summed E-state index contributed by atoms with van der Waals surface area (Å²) in [7, 11) is 1.59. The number of carbonyl (C=O) groups is 1. The number of piperidine rings is 1. The maximum absolute atomic E-state index is 13.3. The molecule has 1 saturated heterocycles. The van der Waals surface area contributed by atoms with Gasteiger partial charge in [-0.05, 0) is 43.0 Å². The molecule has 3 aromatic rings. The molecule has 1 amide bonds. The maximum Gasteiger partial charge on any atom is 0.266 e. The molecular weight excluding hydrogens is 398 g/mol. The van der Waals surface area contributed by atoms with E-state index in [0.717, 1.165) is 19.5 Å². The van der Waals surface area contributed by atoms with E-state index in [1.807, 2.05) is 41.3 Å². The van der Waals surface area contributed by atoms with Crippen molar-refractivity contribution in [2.24, 2.45) is 5.92 Å². The molecule has 0 spiro atoms. The normalized spacial score (nSPS) is 16.6. The van der Waals surface area contributed by atoms with E-state index in [1.54, 1.807) is 23.8 Å². The molecule has 1 aromatic heterocycles. The Morgan fingerprint density at radius 2 is 2.07 bits per heavy atom. The summed E-state index contributed by atoms with van der Waals surface area (Å²) in [6.45, 7) is 3.78. The van der Waals surface area contributed by atoms with Gasteiger partial charge in [-0.3, -0.25) is 14.2 Å². The van der Waals surface area contributed by atoms with Crippen LogP contribution in [0.1, 0.15) is 19.8 Å². The number of para-hydroxylation sites is 1. The van der Waals surface area contributed by atoms with Crippen molar-refractivity contribution in [2.75, 3.05) is 26.0 Å². The Balaban J connectivity index is 1.70. The Bertz CT molecular complexity index is 1130. The van der Waals surface area contributed by atoms with Gasteiger partial charge in [-0.1, -0.05) is 36.9 Å². The molecule has 1 atom stereocenters. The highest BCUT2D eigenvalue weighted by Gasteiger charge is 2.22. The second-order valence-corrected chi connectivity index (χ2v) is 8.57. The van der Waals surface area contributed by atoms with Crippen LogP contribution in [0.25, 0.3) is 16.6 Å². The van der Waals surface area contributed by atoms with Crippen molar-refractivity contribution in [1.82, 2.24) is 14.5 Å². The third kappa shape index (κ3) is 4.21. The Kier molecular flexibility index (Phi) is 6.08. The van der Waals surface area contributed by atoms with Gasteiger partial charge in [0.2, 0.25) is 5.91 Å². The van der Waals surface area contributed by atoms with E-state index in [-0.39, 0.29) is 17.2 Å². The van der Waals surface area contributed by atoms with Crippen LogP contribution in [0.4, 0.5) is 0 Å². The van der Waals surface area contributed by atoms with Crippen LogP contribution in [0.5, 0.6) is 5.75 Å². The van der Waals surface area contributed by atoms with Crippen molar-refractivity contribution < 1.29 is 9.53 Å². The number of thioether (sulfide) groups is 1. The first-order valence-electron chi connectivity index (χ1n) is 10.1. The highest BCUT2D eigenvalue weighted by Crippen LogP contribution is 2.24. The van der Waals surface area contributed by atoms with Crippen LogP contribution in [0.15, 0.2) is 58.5 Å². The Morgan fingerprint density at radius 3 is 2.87 bits per heavy atom. The van der Waals surface area contributed by atoms with Crippen LogP contribution < -0.4 is 10.3 Å². The summed E-state index contributed by atoms with van der Waals surface area (Å²) in [5.41, 5.74) is 1.14. The lowest BCUT2D eigenvalue weighted by molar-refractivity contribution is -0.130. The molecule has 156 valence electrons. The van der Waals surface area contributed by atoms with E-state index >= 15 is 0 Å². The Hall–Kier alpha value is -2.80. The molecule has 0 aliphatic carbocycles. The monoisotopic (exact) mass is 423 g/mol. The number of carbonyl (C=O) groups excluding carboxylic acids is 1. The summed E-state index contributed by atoms with van der Waals surface area (Å²) in [5, 5.41) is 1.05. The number of benzene rings is 2. The van der Waals surface area contributed by atoms with E-state index in [9.17, 15) is 9.59 Å². The Morgan fingerprint density at radius 1 is 1.23 bits per heavy atom. The highest BCUT2D eigenvalue weighted by molar-refractivity contribution is 7.99. The first-order chi connectivity index (χ1) is 14.6. The molecule has 6 nitrogen and oxygen atoms in total. The van der Waals surface area contributed by atoms with E-state index < -0.39 is 0 Å². The number of fused-ring (bicyclic) bond motifs is 1. The van der Waals surface area contributed by atoms with Gasteiger partial charge < -0.3 is 9.64 Å². The predicted octanol–water partition coefficient (Wildman–Crippen LogP) is 3.74. The highest BCUT2D eigenvalue weighted by atomic mass is 32.2. The van der Waals surface area contributed by atoms with E-state index in [1.165, 1.54) is 18.2 Å². The average Bonchev–Trinajstić information content (AvgIpc) is 2.77. The second kappa shape index (κ2) is 8.92. The fourth-order valence-corrected chi connectivity index (χ4v) is 4.74. The van der Waals surface area contributed by atoms with Crippen molar-refractivity contribution in [3.05, 3.63) is 58.9 Å². The summed E-state index contributed by atoms with van der Waals surface area (Å²) in [6, 6.07) is 14.6. The van der Waals surface area contributed by atoms with Gasteiger partial charge in [0.15, 0.2) is 5.16 Å². The summed E-state index contributed by atoms with van der Waals surface area (Å²) >= 11 is 1.31. The lowest BCUT2D eigenvalue weighted by Gasteiger charge is -2.30. The molecule has 0 unspecified atom stereocenters. The minimum atomic E-state index is -0.157. The largest absolute Gasteiger partial charge is 0.497 e. The third-order valence-electron chi connectivity index (χ3n) is 5.39. The van der Waals surface area contributed by atoms with Crippen LogP contribution in [0.3, 0.4) is 0 Å². The first kappa shape index (κ1) is 20.5. The number of amides is 1. The average molecular weight is 424 g/mol. The standard InChI is InChI=1S/C23H25N3O3S/c1-16-7-6-12-25(14-16)21(27)15-30-23-24-20-11-4-3-10-19(20)22(28)26(23)17-8-5-9-18(13-17)29-2/h3-5,8-11,13,16H,6-7,12,14-15H2,1-2H3/t16-/m0/s1. The van der Waals surface area contributed by atoms with E-state index in [2.05, 4.69) is 6.92 Å². The van der Waals surface area contributed by atoms with Crippen molar-refractivity contribution in [1.29, 1.82) is 0 Å². The predicted molar refractivity (Wildman–Crippen MR) is 120 cm³/mol. The van der Waals surface area contributed by atoms with Gasteiger partial charge in [0.25, 0.3) is 5.56 Å². The number of nitrogens with zero attached hydrogens (tertiary/aromatic N) is 3. The fraction of sp³-hybridized carbons (Fsp3) is 0.348. The smallest absolute Gasteiger partial charge is 0.266 e. The third-order valence-corrected chi connectivity index (χ3v) is 6.31. The number of aromatic nitrogens is 2. The minimum absolute atomic E-state index is 0.0890. The van der Waals surface area contributed by atoms with Gasteiger partial charge in [0.1, 0.15) is 5.75 Å². The van der Waals surface area contributed by atoms with Crippen LogP contribution >= 0.6 is 11.8 Å². The van der Waals surface area contributed by atoms with Crippen molar-refractivity contribution in [3.8, 4) is 11.4 Å². The molecule has 30 heavy (non-hydrogen) atoms. The SMILES string of the molecule is COc1cccc(-n2c(SCC(=O)N3CCC[C@H](C)C3)nc3ccccc3c2=O)c1. The number of methoxy groups -OCH3 is 1. The maximum atomic E-state index is 13.3. The van der Waals surface area contributed by atoms with Crippen LogP contribution in [0, 0.1) is 5.92 Å². The molecule has 1 fully saturated rings. The molecule has 1 aliphatic rings. The zero-order valence-corrected chi connectivity index (χ0v) is 18.0. The number of ether oxygens (including phenoxy) is 1. The van der Waals surface area contributed by atoms with Gasteiger partial charge in [-0.25, -0.2) is 4.98 Å². The molecule has 7 heteroatoms. The summed E-state index contributed by atoms with van der Waals surface area (Å²) in [6.07, 6.45) is 2.21. The van der Waals surface area contributed by atoms with Crippen molar-refractivity contribution in [3.63, 3.8) is 0 Å². The molecule has 4 rings (SSSR count). The number of hydrogen-bond acceptors (Lipinski definition) is 5. The lowest BCUT2D eigenvalue weighted by atomic mass is 10.0. The van der Waals surface area contributed by atoms with Gasteiger partial charge in [-0.15, -0.1) is 0 Å². The topological polar surface area (TPSA) is 64.4 Å². The first-order valence-corrected chi connectivity index (χ1v) is 11.1. The molecule has 0 radical (unpaired) electrons. The van der Waals surface area contributed by atoms with Gasteiger partial charge in [0.05, 0.1) is 29.5 Å². The molecule has 1 aliphatic heterocycles. The minimum Gasteiger partial charge on any atom is -0.497 e. The molecular formula is C23H25N3O3S. The van der Waals surface area contributed by atoms with Gasteiger partial charge in [-0.2, -0.15) is 0 Å². The number of likely N-dealkylation sites (tertiary alicyclic amines) is 1. The van der Waals surface area contributed by atoms with E-state index in [0.29, 0.717) is 33.4 Å². The molecule has 0 bridgehead atoms. The summed E-state index contributed by atoms with van der Waals surface area (Å²) in [5.74, 6) is 1.52. The number of rotatable bonds is 5. The lowest BCUT2D eigenvalue weighted by Crippen LogP contribution is -2.40. The summed E-state index contributed by atoms with van der Waals surface area (Å²) < 4.78 is 6.90. The Labute approximate surface area is 179 Å². The molecule has 0 N–H and O–H groups in total. The van der Waals surface area contributed by atoms with Crippen LogP contribution in [-0.4, -0.2) is 46.3 Å². The van der Waals surface area contributed by atoms with E-state index in [4.69, 9.17) is 9.72 Å². The van der Waals surface area contributed by atoms with Crippen molar-refractivity contribution in [2.45, 2.75) is 24.9 Å². The van der Waals surface area contributed by atoms with Gasteiger partial charge in [0, 0.05) is 19.2 Å². The fourth-order valence-electron chi connectivity index (χ4n) is 3.82. The zero-order valence-electron chi connectivity index (χ0n) is 17.2. The quantitative estimate of drug-likeness (QED) is 0.462. The summed E-state index contributed by atoms with van der Waals surface area (Å²) in [4.78, 5) is 32.7. The van der Waals surface area contributed by atoms with Crippen LogP contribution in [-0.2, 0) is 4.79 Å². The molecule has 2 heterocycles. The number of hydrogen-bond donors (Lipinski definition) is 0.